The molecule has 0 saturated heterocycles. The number of nitrogens with one attached hydrogen (secondary N) is 1. The van der Waals surface area contributed by atoms with Crippen LogP contribution in [0.25, 0.3) is 0 Å². The van der Waals surface area contributed by atoms with Crippen molar-refractivity contribution >= 4 is 27.5 Å². The van der Waals surface area contributed by atoms with E-state index in [0.717, 1.165) is 15.6 Å². The minimum Gasteiger partial charge on any atom is -0.489 e. The normalized spacial score (nSPS) is 10.8. The standard InChI is InChI=1S/C23H21BrN4O3/c1-15-3-9-20(10-4-15)30-14-21-16(2)31-27-22(21)23(29)26-19-11-25-28(13-19)12-17-5-7-18(24)8-6-17/h3-11,13H,12,14H2,1-2H3,(H,26,29). The summed E-state index contributed by atoms with van der Waals surface area (Å²) in [6.07, 6.45) is 3.38. The average Bonchev–Trinajstić information content (AvgIpc) is 3.35. The van der Waals surface area contributed by atoms with Gasteiger partial charge in [-0.15, -0.1) is 0 Å². The summed E-state index contributed by atoms with van der Waals surface area (Å²) < 4.78 is 13.8. The Balaban J connectivity index is 1.41. The highest BCUT2D eigenvalue weighted by Crippen LogP contribution is 2.20. The number of hydrogen-bond donors (Lipinski definition) is 1. The van der Waals surface area contributed by atoms with Crippen molar-refractivity contribution in [2.75, 3.05) is 5.32 Å². The molecule has 0 spiro atoms. The largest absolute Gasteiger partial charge is 0.489 e. The fraction of sp³-hybridized carbons (Fsp3) is 0.174. The van der Waals surface area contributed by atoms with Gasteiger partial charge in [-0.3, -0.25) is 9.48 Å². The molecule has 2 heterocycles. The zero-order chi connectivity index (χ0) is 21.8. The summed E-state index contributed by atoms with van der Waals surface area (Å²) in [6.45, 7) is 4.55. The van der Waals surface area contributed by atoms with Crippen LogP contribution >= 0.6 is 15.9 Å². The predicted octanol–water partition coefficient (Wildman–Crippen LogP) is 5.13. The molecular formula is C23H21BrN4O3. The number of amides is 1. The minimum atomic E-state index is -0.373. The van der Waals surface area contributed by atoms with Gasteiger partial charge in [-0.25, -0.2) is 0 Å². The molecule has 4 aromatic rings. The van der Waals surface area contributed by atoms with E-state index in [0.29, 0.717) is 29.3 Å². The third-order valence-electron chi connectivity index (χ3n) is 4.75. The van der Waals surface area contributed by atoms with Crippen molar-refractivity contribution in [1.29, 1.82) is 0 Å². The second kappa shape index (κ2) is 9.18. The van der Waals surface area contributed by atoms with Crippen LogP contribution in [-0.2, 0) is 13.2 Å². The molecular weight excluding hydrogens is 460 g/mol. The van der Waals surface area contributed by atoms with Gasteiger partial charge in [-0.1, -0.05) is 50.9 Å². The van der Waals surface area contributed by atoms with Gasteiger partial charge in [0.05, 0.1) is 24.0 Å². The van der Waals surface area contributed by atoms with E-state index in [2.05, 4.69) is 31.5 Å². The Morgan fingerprint density at radius 2 is 1.87 bits per heavy atom. The zero-order valence-electron chi connectivity index (χ0n) is 17.1. The van der Waals surface area contributed by atoms with Crippen LogP contribution in [0.1, 0.15) is 32.9 Å². The van der Waals surface area contributed by atoms with Gasteiger partial charge in [0.25, 0.3) is 5.91 Å². The number of hydrogen-bond acceptors (Lipinski definition) is 5. The first kappa shape index (κ1) is 20.9. The summed E-state index contributed by atoms with van der Waals surface area (Å²) in [4.78, 5) is 12.8. The van der Waals surface area contributed by atoms with Gasteiger partial charge >= 0.3 is 0 Å². The van der Waals surface area contributed by atoms with Crippen LogP contribution in [0.2, 0.25) is 0 Å². The first-order valence-corrected chi connectivity index (χ1v) is 10.5. The summed E-state index contributed by atoms with van der Waals surface area (Å²) in [5.41, 5.74) is 3.64. The Bertz CT molecular complexity index is 1180. The molecule has 0 radical (unpaired) electrons. The predicted molar refractivity (Wildman–Crippen MR) is 120 cm³/mol. The van der Waals surface area contributed by atoms with E-state index < -0.39 is 0 Å². The minimum absolute atomic E-state index is 0.185. The fourth-order valence-corrected chi connectivity index (χ4v) is 3.28. The van der Waals surface area contributed by atoms with Gasteiger partial charge in [0.15, 0.2) is 5.69 Å². The van der Waals surface area contributed by atoms with Crippen molar-refractivity contribution in [2.45, 2.75) is 27.0 Å². The maximum atomic E-state index is 12.8. The van der Waals surface area contributed by atoms with Crippen LogP contribution < -0.4 is 10.1 Å². The van der Waals surface area contributed by atoms with E-state index in [1.54, 1.807) is 24.0 Å². The van der Waals surface area contributed by atoms with Crippen LogP contribution in [-0.4, -0.2) is 20.8 Å². The number of benzene rings is 2. The van der Waals surface area contributed by atoms with E-state index in [1.165, 1.54) is 0 Å². The number of rotatable bonds is 7. The quantitative estimate of drug-likeness (QED) is 0.396. The molecule has 0 saturated carbocycles. The lowest BCUT2D eigenvalue weighted by Crippen LogP contribution is -2.15. The summed E-state index contributed by atoms with van der Waals surface area (Å²) in [5.74, 6) is 0.887. The lowest BCUT2D eigenvalue weighted by atomic mass is 10.2. The molecule has 0 aliphatic heterocycles. The summed E-state index contributed by atoms with van der Waals surface area (Å²) in [5, 5.41) is 11.1. The van der Waals surface area contributed by atoms with Gasteiger partial charge in [0, 0.05) is 10.7 Å². The van der Waals surface area contributed by atoms with Crippen molar-refractivity contribution in [2.24, 2.45) is 0 Å². The Morgan fingerprint density at radius 1 is 1.13 bits per heavy atom. The number of carbonyl (C=O) groups excluding carboxylic acids is 1. The molecule has 0 fully saturated rings. The number of nitrogens with zero attached hydrogens (tertiary/aromatic N) is 3. The number of halogens is 1. The molecule has 4 rings (SSSR count). The molecule has 0 aliphatic carbocycles. The Labute approximate surface area is 188 Å². The van der Waals surface area contributed by atoms with Crippen molar-refractivity contribution in [1.82, 2.24) is 14.9 Å². The lowest BCUT2D eigenvalue weighted by Gasteiger charge is -2.07. The molecule has 0 unspecified atom stereocenters. The zero-order valence-corrected chi connectivity index (χ0v) is 18.7. The molecule has 0 aliphatic rings. The van der Waals surface area contributed by atoms with Crippen LogP contribution in [0.5, 0.6) is 5.75 Å². The number of aryl methyl sites for hydroxylation is 2. The summed E-state index contributed by atoms with van der Waals surface area (Å²) >= 11 is 3.43. The molecule has 31 heavy (non-hydrogen) atoms. The van der Waals surface area contributed by atoms with E-state index >= 15 is 0 Å². The van der Waals surface area contributed by atoms with E-state index in [9.17, 15) is 4.79 Å². The van der Waals surface area contributed by atoms with Gasteiger partial charge in [0.1, 0.15) is 18.1 Å². The second-order valence-corrected chi connectivity index (χ2v) is 8.09. The van der Waals surface area contributed by atoms with Crippen molar-refractivity contribution in [3.05, 3.63) is 93.5 Å². The smallest absolute Gasteiger partial charge is 0.278 e. The Morgan fingerprint density at radius 3 is 2.61 bits per heavy atom. The Kier molecular flexibility index (Phi) is 6.18. The first-order valence-electron chi connectivity index (χ1n) is 9.71. The van der Waals surface area contributed by atoms with Gasteiger partial charge in [-0.05, 0) is 43.7 Å². The van der Waals surface area contributed by atoms with Crippen LogP contribution in [0.3, 0.4) is 0 Å². The number of ether oxygens (including phenoxy) is 1. The number of carbonyl (C=O) groups is 1. The highest BCUT2D eigenvalue weighted by atomic mass is 79.9. The molecule has 158 valence electrons. The molecule has 2 aromatic carbocycles. The Hall–Kier alpha value is -3.39. The summed E-state index contributed by atoms with van der Waals surface area (Å²) in [6, 6.07) is 15.7. The highest BCUT2D eigenvalue weighted by molar-refractivity contribution is 9.10. The van der Waals surface area contributed by atoms with Crippen molar-refractivity contribution in [3.8, 4) is 5.75 Å². The first-order chi connectivity index (χ1) is 15.0. The molecule has 1 amide bonds. The van der Waals surface area contributed by atoms with Crippen LogP contribution in [0, 0.1) is 13.8 Å². The topological polar surface area (TPSA) is 82.2 Å². The monoisotopic (exact) mass is 480 g/mol. The van der Waals surface area contributed by atoms with Gasteiger partial charge < -0.3 is 14.6 Å². The van der Waals surface area contributed by atoms with E-state index in [4.69, 9.17) is 9.26 Å². The molecule has 0 atom stereocenters. The van der Waals surface area contributed by atoms with E-state index in [1.807, 2.05) is 55.5 Å². The molecule has 1 N–H and O–H groups in total. The van der Waals surface area contributed by atoms with Crippen LogP contribution in [0.4, 0.5) is 5.69 Å². The third-order valence-corrected chi connectivity index (χ3v) is 5.28. The number of aromatic nitrogens is 3. The molecule has 2 aromatic heterocycles. The highest BCUT2D eigenvalue weighted by Gasteiger charge is 2.21. The average molecular weight is 481 g/mol. The maximum Gasteiger partial charge on any atom is 0.278 e. The molecule has 8 heteroatoms. The lowest BCUT2D eigenvalue weighted by molar-refractivity contribution is 0.101. The second-order valence-electron chi connectivity index (χ2n) is 7.17. The van der Waals surface area contributed by atoms with Crippen molar-refractivity contribution in [3.63, 3.8) is 0 Å². The molecule has 0 bridgehead atoms. The maximum absolute atomic E-state index is 12.8. The SMILES string of the molecule is Cc1ccc(OCc2c(C(=O)Nc3cnn(Cc4ccc(Br)cc4)c3)noc2C)cc1. The molecule has 7 nitrogen and oxygen atoms in total. The fourth-order valence-electron chi connectivity index (χ4n) is 3.01. The van der Waals surface area contributed by atoms with Gasteiger partial charge in [0.2, 0.25) is 0 Å². The van der Waals surface area contributed by atoms with Crippen molar-refractivity contribution < 1.29 is 14.1 Å². The summed E-state index contributed by atoms with van der Waals surface area (Å²) in [7, 11) is 0. The number of anilines is 1. The van der Waals surface area contributed by atoms with E-state index in [-0.39, 0.29) is 18.2 Å². The third kappa shape index (κ3) is 5.21. The van der Waals surface area contributed by atoms with Crippen LogP contribution in [0.15, 0.2) is 69.9 Å². The van der Waals surface area contributed by atoms with Gasteiger partial charge in [-0.2, -0.15) is 5.10 Å².